The van der Waals surface area contributed by atoms with E-state index in [4.69, 9.17) is 4.52 Å². The fourth-order valence-electron chi connectivity index (χ4n) is 3.82. The van der Waals surface area contributed by atoms with Crippen LogP contribution in [-0.4, -0.2) is 50.1 Å². The zero-order chi connectivity index (χ0) is 21.7. The molecule has 0 saturated carbocycles. The van der Waals surface area contributed by atoms with E-state index in [1.54, 1.807) is 37.3 Å². The summed E-state index contributed by atoms with van der Waals surface area (Å²) >= 11 is 0. The van der Waals surface area contributed by atoms with Gasteiger partial charge in [0.1, 0.15) is 5.76 Å². The molecule has 1 aliphatic heterocycles. The second-order valence-electron chi connectivity index (χ2n) is 7.90. The lowest BCUT2D eigenvalue weighted by Gasteiger charge is -2.37. The summed E-state index contributed by atoms with van der Waals surface area (Å²) in [6.07, 6.45) is 2.50. The standard InChI is InChI=1S/C21H30N4O4S/c1-4-19(21(26)23-20-12-16(3)29-24-20)25-11-5-6-17(14-25)13-22-30(27,28)18-9-7-15(2)8-10-18/h7-10,12,17,19,22H,4-6,11,13-14H2,1-3H3,(H,23,24,26). The average molecular weight is 435 g/mol. The Labute approximate surface area is 178 Å². The summed E-state index contributed by atoms with van der Waals surface area (Å²) in [5.74, 6) is 1.08. The number of amides is 1. The van der Waals surface area contributed by atoms with Crippen molar-refractivity contribution in [2.45, 2.75) is 51.0 Å². The van der Waals surface area contributed by atoms with Gasteiger partial charge in [0.15, 0.2) is 5.82 Å². The SMILES string of the molecule is CCC(C(=O)Nc1cc(C)on1)N1CCCC(CNS(=O)(=O)c2ccc(C)cc2)C1. The number of nitrogens with zero attached hydrogens (tertiary/aromatic N) is 2. The number of benzene rings is 1. The monoisotopic (exact) mass is 434 g/mol. The van der Waals surface area contributed by atoms with E-state index < -0.39 is 10.0 Å². The molecule has 2 heterocycles. The van der Waals surface area contributed by atoms with E-state index in [9.17, 15) is 13.2 Å². The molecule has 0 aliphatic carbocycles. The van der Waals surface area contributed by atoms with E-state index in [-0.39, 0.29) is 22.8 Å². The van der Waals surface area contributed by atoms with Gasteiger partial charge in [0, 0.05) is 19.2 Å². The van der Waals surface area contributed by atoms with Crippen LogP contribution in [0.3, 0.4) is 0 Å². The molecule has 30 heavy (non-hydrogen) atoms. The predicted octanol–water partition coefficient (Wildman–Crippen LogP) is 2.70. The number of piperidine rings is 1. The molecule has 1 aromatic carbocycles. The Morgan fingerprint density at radius 1 is 1.30 bits per heavy atom. The molecule has 2 N–H and O–H groups in total. The number of nitrogens with one attached hydrogen (secondary N) is 2. The lowest BCUT2D eigenvalue weighted by Crippen LogP contribution is -2.50. The molecular weight excluding hydrogens is 404 g/mol. The Hall–Kier alpha value is -2.23. The molecule has 0 spiro atoms. The first kappa shape index (κ1) is 22.5. The first-order valence-corrected chi connectivity index (χ1v) is 11.8. The van der Waals surface area contributed by atoms with E-state index in [0.717, 1.165) is 24.9 Å². The summed E-state index contributed by atoms with van der Waals surface area (Å²) in [4.78, 5) is 15.2. The molecular formula is C21H30N4O4S. The molecule has 1 amide bonds. The summed E-state index contributed by atoms with van der Waals surface area (Å²) in [6, 6.07) is 8.21. The Morgan fingerprint density at radius 2 is 2.03 bits per heavy atom. The maximum atomic E-state index is 12.7. The van der Waals surface area contributed by atoms with Gasteiger partial charge in [-0.25, -0.2) is 13.1 Å². The third-order valence-electron chi connectivity index (χ3n) is 5.45. The fraction of sp³-hybridized carbons (Fsp3) is 0.524. The smallest absolute Gasteiger partial charge is 0.242 e. The molecule has 2 unspecified atom stereocenters. The lowest BCUT2D eigenvalue weighted by atomic mass is 9.96. The predicted molar refractivity (Wildman–Crippen MR) is 115 cm³/mol. The van der Waals surface area contributed by atoms with Crippen molar-refractivity contribution in [1.82, 2.24) is 14.8 Å². The van der Waals surface area contributed by atoms with Crippen LogP contribution in [0.1, 0.15) is 37.5 Å². The minimum atomic E-state index is -3.54. The van der Waals surface area contributed by atoms with Crippen molar-refractivity contribution in [2.75, 3.05) is 25.0 Å². The highest BCUT2D eigenvalue weighted by molar-refractivity contribution is 7.89. The van der Waals surface area contributed by atoms with Gasteiger partial charge in [-0.1, -0.05) is 29.8 Å². The van der Waals surface area contributed by atoms with Gasteiger partial charge in [0.25, 0.3) is 0 Å². The normalized spacial score (nSPS) is 18.8. The first-order chi connectivity index (χ1) is 14.3. The third kappa shape index (κ3) is 5.68. The first-order valence-electron chi connectivity index (χ1n) is 10.3. The number of hydrogen-bond acceptors (Lipinski definition) is 6. The van der Waals surface area contributed by atoms with Crippen LogP contribution in [0.2, 0.25) is 0 Å². The van der Waals surface area contributed by atoms with Crippen LogP contribution in [-0.2, 0) is 14.8 Å². The van der Waals surface area contributed by atoms with Gasteiger partial charge in [0.05, 0.1) is 10.9 Å². The van der Waals surface area contributed by atoms with Crippen LogP contribution in [0.5, 0.6) is 0 Å². The van der Waals surface area contributed by atoms with Gasteiger partial charge in [0.2, 0.25) is 15.9 Å². The molecule has 3 rings (SSSR count). The van der Waals surface area contributed by atoms with Gasteiger partial charge >= 0.3 is 0 Å². The summed E-state index contributed by atoms with van der Waals surface area (Å²) < 4.78 is 32.9. The summed E-state index contributed by atoms with van der Waals surface area (Å²) in [5.41, 5.74) is 1.02. The number of sulfonamides is 1. The topological polar surface area (TPSA) is 105 Å². The van der Waals surface area contributed by atoms with Crippen LogP contribution >= 0.6 is 0 Å². The van der Waals surface area contributed by atoms with E-state index in [0.29, 0.717) is 31.1 Å². The maximum Gasteiger partial charge on any atom is 0.242 e. The Kier molecular flexibility index (Phi) is 7.27. The summed E-state index contributed by atoms with van der Waals surface area (Å²) in [5, 5.41) is 6.63. The highest BCUT2D eigenvalue weighted by atomic mass is 32.2. The largest absolute Gasteiger partial charge is 0.360 e. The lowest BCUT2D eigenvalue weighted by molar-refractivity contribution is -0.122. The third-order valence-corrected chi connectivity index (χ3v) is 6.89. The van der Waals surface area contributed by atoms with Gasteiger partial charge in [-0.3, -0.25) is 9.69 Å². The second kappa shape index (κ2) is 9.72. The number of anilines is 1. The van der Waals surface area contributed by atoms with Crippen LogP contribution in [0.15, 0.2) is 39.8 Å². The minimum Gasteiger partial charge on any atom is -0.360 e. The maximum absolute atomic E-state index is 12.7. The molecule has 1 fully saturated rings. The fourth-order valence-corrected chi connectivity index (χ4v) is 4.94. The van der Waals surface area contributed by atoms with Gasteiger partial charge in [-0.15, -0.1) is 0 Å². The van der Waals surface area contributed by atoms with Crippen molar-refractivity contribution < 1.29 is 17.7 Å². The molecule has 2 aromatic rings. The van der Waals surface area contributed by atoms with Crippen molar-refractivity contribution in [3.63, 3.8) is 0 Å². The Bertz CT molecular complexity index is 956. The van der Waals surface area contributed by atoms with E-state index in [2.05, 4.69) is 20.1 Å². The Balaban J connectivity index is 1.58. The average Bonchev–Trinajstić information content (AvgIpc) is 3.12. The number of hydrogen-bond donors (Lipinski definition) is 2. The second-order valence-corrected chi connectivity index (χ2v) is 9.67. The van der Waals surface area contributed by atoms with Crippen molar-refractivity contribution in [2.24, 2.45) is 5.92 Å². The van der Waals surface area contributed by atoms with Crippen LogP contribution in [0, 0.1) is 19.8 Å². The number of carbonyl (C=O) groups excluding carboxylic acids is 1. The molecule has 1 aromatic heterocycles. The number of aryl methyl sites for hydroxylation is 2. The highest BCUT2D eigenvalue weighted by Gasteiger charge is 2.30. The van der Waals surface area contributed by atoms with Crippen molar-refractivity contribution in [3.05, 3.63) is 41.7 Å². The van der Waals surface area contributed by atoms with Crippen molar-refractivity contribution >= 4 is 21.7 Å². The number of aromatic nitrogens is 1. The molecule has 9 heteroatoms. The van der Waals surface area contributed by atoms with E-state index >= 15 is 0 Å². The van der Waals surface area contributed by atoms with Crippen molar-refractivity contribution in [3.8, 4) is 0 Å². The molecule has 2 atom stereocenters. The summed E-state index contributed by atoms with van der Waals surface area (Å²) in [6.45, 7) is 7.50. The van der Waals surface area contributed by atoms with Gasteiger partial charge in [-0.05, 0) is 57.7 Å². The quantitative estimate of drug-likeness (QED) is 0.662. The van der Waals surface area contributed by atoms with E-state index in [1.165, 1.54) is 0 Å². The molecule has 1 saturated heterocycles. The number of carbonyl (C=O) groups is 1. The van der Waals surface area contributed by atoms with Gasteiger partial charge in [-0.2, -0.15) is 0 Å². The molecule has 8 nitrogen and oxygen atoms in total. The van der Waals surface area contributed by atoms with Crippen LogP contribution < -0.4 is 10.0 Å². The molecule has 1 aliphatic rings. The molecule has 164 valence electrons. The summed E-state index contributed by atoms with van der Waals surface area (Å²) in [7, 11) is -3.54. The van der Waals surface area contributed by atoms with Crippen molar-refractivity contribution in [1.29, 1.82) is 0 Å². The van der Waals surface area contributed by atoms with Crippen LogP contribution in [0.4, 0.5) is 5.82 Å². The Morgan fingerprint density at radius 3 is 2.67 bits per heavy atom. The highest BCUT2D eigenvalue weighted by Crippen LogP contribution is 2.21. The molecule has 0 radical (unpaired) electrons. The minimum absolute atomic E-state index is 0.119. The zero-order valence-electron chi connectivity index (χ0n) is 17.7. The van der Waals surface area contributed by atoms with Crippen LogP contribution in [0.25, 0.3) is 0 Å². The number of rotatable bonds is 8. The van der Waals surface area contributed by atoms with Gasteiger partial charge < -0.3 is 9.84 Å². The molecule has 0 bridgehead atoms. The number of likely N-dealkylation sites (tertiary alicyclic amines) is 1. The zero-order valence-corrected chi connectivity index (χ0v) is 18.5. The van der Waals surface area contributed by atoms with E-state index in [1.807, 2.05) is 13.8 Å².